The van der Waals surface area contributed by atoms with Gasteiger partial charge in [-0.15, -0.1) is 0 Å². The number of benzene rings is 7. The monoisotopic (exact) mass is 1800 g/mol. The second kappa shape index (κ2) is 39.9. The molecule has 680 valence electrons. The summed E-state index contributed by atoms with van der Waals surface area (Å²) in [7, 11) is 1.98. The van der Waals surface area contributed by atoms with E-state index in [2.05, 4.69) is 77.9 Å². The van der Waals surface area contributed by atoms with Crippen molar-refractivity contribution in [2.24, 2.45) is 18.9 Å². The van der Waals surface area contributed by atoms with Gasteiger partial charge in [-0.05, 0) is 305 Å². The van der Waals surface area contributed by atoms with Crippen molar-refractivity contribution in [3.05, 3.63) is 231 Å². The number of amides is 4. The SMILES string of the molecule is Cc1c(OC2CCC(CCCC=O)CC2)cccc1-c1ccc(N2CCc3cccc(C(=O)Nc4nc5ccccc5s4)c3C2)nc1C(=O)OC(C)(C)C.Cc1c(OC2CCC(CCCCN3CCC[C@@H](c4cccc5c(C6CCC(=O)NC6=O)nn(C)c45)C3)CC2)cccc1-c1ccc(N2CCc3cccc(C(=O)Nc4nc5ccccc5s4)c3C2)nc1C(=O)OC(C)(C)C. The number of carbonyl (C=O) groups is 7. The third-order valence-electron chi connectivity index (χ3n) is 26.7. The van der Waals surface area contributed by atoms with Gasteiger partial charge in [0, 0.05) is 80.3 Å². The number of esters is 2. The fourth-order valence-electron chi connectivity index (χ4n) is 20.0. The van der Waals surface area contributed by atoms with Gasteiger partial charge in [0.2, 0.25) is 11.8 Å². The number of anilines is 4. The first-order valence-electron chi connectivity index (χ1n) is 46.8. The molecule has 5 aromatic heterocycles. The number of nitrogens with one attached hydrogen (secondary N) is 3. The number of carbonyl (C=O) groups excluding carboxylic acids is 7. The molecule has 1 unspecified atom stereocenters. The van der Waals surface area contributed by atoms with Crippen LogP contribution in [0.3, 0.4) is 0 Å². The van der Waals surface area contributed by atoms with E-state index in [0.29, 0.717) is 107 Å². The van der Waals surface area contributed by atoms with Crippen molar-refractivity contribution < 1.29 is 52.5 Å². The van der Waals surface area contributed by atoms with E-state index in [-0.39, 0.29) is 47.2 Å². The number of aldehydes is 1. The minimum Gasteiger partial charge on any atom is -0.490 e. The van der Waals surface area contributed by atoms with Crippen molar-refractivity contribution in [2.45, 2.75) is 232 Å². The van der Waals surface area contributed by atoms with E-state index in [4.69, 9.17) is 34.0 Å². The van der Waals surface area contributed by atoms with Crippen molar-refractivity contribution in [1.82, 2.24) is 39.9 Å². The summed E-state index contributed by atoms with van der Waals surface area (Å²) >= 11 is 2.91. The van der Waals surface area contributed by atoms with Crippen molar-refractivity contribution >= 4 is 118 Å². The van der Waals surface area contributed by atoms with Crippen molar-refractivity contribution in [3.8, 4) is 33.8 Å². The quantitative estimate of drug-likeness (QED) is 0.0208. The number of nitrogens with zero attached hydrogens (tertiary/aromatic N) is 9. The molecule has 0 bridgehead atoms. The van der Waals surface area contributed by atoms with E-state index in [0.717, 1.165) is 209 Å². The Kier molecular flexibility index (Phi) is 27.7. The number of hydrogen-bond acceptors (Lipinski definition) is 21. The number of hydrogen-bond donors (Lipinski definition) is 3. The van der Waals surface area contributed by atoms with E-state index < -0.39 is 29.1 Å². The predicted molar refractivity (Wildman–Crippen MR) is 517 cm³/mol. The maximum atomic E-state index is 14.1. The number of piperidine rings is 2. The van der Waals surface area contributed by atoms with Crippen LogP contribution < -0.4 is 35.2 Å². The van der Waals surface area contributed by atoms with Crippen LogP contribution >= 0.6 is 22.7 Å². The molecular formula is C106H118N12O11S2. The molecule has 25 heteroatoms. The van der Waals surface area contributed by atoms with Gasteiger partial charge in [0.05, 0.1) is 49.8 Å². The summed E-state index contributed by atoms with van der Waals surface area (Å²) in [6.07, 6.45) is 20.7. The smallest absolute Gasteiger partial charge is 0.358 e. The first kappa shape index (κ1) is 90.9. The largest absolute Gasteiger partial charge is 0.490 e. The highest BCUT2D eigenvalue weighted by Crippen LogP contribution is 2.44. The lowest BCUT2D eigenvalue weighted by Gasteiger charge is -2.33. The molecule has 4 aliphatic heterocycles. The zero-order chi connectivity index (χ0) is 91.2. The van der Waals surface area contributed by atoms with Crippen LogP contribution in [0.5, 0.6) is 11.5 Å². The molecule has 9 heterocycles. The Bertz CT molecular complexity index is 6200. The number of unbranched alkanes of at least 4 members (excludes halogenated alkanes) is 2. The number of thiazole rings is 2. The number of para-hydroxylation sites is 3. The van der Waals surface area contributed by atoms with Gasteiger partial charge in [0.15, 0.2) is 21.7 Å². The molecule has 6 aliphatic rings. The topological polar surface area (TPSA) is 272 Å². The summed E-state index contributed by atoms with van der Waals surface area (Å²) < 4.78 is 29.3. The van der Waals surface area contributed by atoms with Gasteiger partial charge in [-0.2, -0.15) is 5.10 Å². The average Bonchev–Trinajstić information content (AvgIpc) is 1.68. The maximum absolute atomic E-state index is 14.1. The van der Waals surface area contributed by atoms with Crippen LogP contribution in [0.4, 0.5) is 21.9 Å². The maximum Gasteiger partial charge on any atom is 0.358 e. The molecule has 2 aliphatic carbocycles. The van der Waals surface area contributed by atoms with Gasteiger partial charge >= 0.3 is 11.9 Å². The number of aryl methyl sites for hydroxylation is 1. The zero-order valence-electron chi connectivity index (χ0n) is 76.6. The highest BCUT2D eigenvalue weighted by atomic mass is 32.1. The van der Waals surface area contributed by atoms with E-state index in [1.807, 2.05) is 194 Å². The summed E-state index contributed by atoms with van der Waals surface area (Å²) in [4.78, 5) is 117. The van der Waals surface area contributed by atoms with Gasteiger partial charge in [0.25, 0.3) is 11.8 Å². The minimum atomic E-state index is -0.732. The second-order valence-corrected chi connectivity index (χ2v) is 40.2. The molecule has 4 fully saturated rings. The summed E-state index contributed by atoms with van der Waals surface area (Å²) in [5, 5.41) is 15.6. The van der Waals surface area contributed by atoms with E-state index >= 15 is 0 Å². The molecule has 12 aromatic rings. The molecular weight excluding hydrogens is 1680 g/mol. The fourth-order valence-corrected chi connectivity index (χ4v) is 21.7. The summed E-state index contributed by atoms with van der Waals surface area (Å²) in [5.74, 6) is 2.41. The summed E-state index contributed by atoms with van der Waals surface area (Å²) in [6, 6.07) is 53.8. The van der Waals surface area contributed by atoms with Crippen LogP contribution in [0.15, 0.2) is 164 Å². The Morgan fingerprint density at radius 3 is 1.53 bits per heavy atom. The van der Waals surface area contributed by atoms with Gasteiger partial charge in [-0.25, -0.2) is 29.5 Å². The highest BCUT2D eigenvalue weighted by molar-refractivity contribution is 7.22. The second-order valence-electron chi connectivity index (χ2n) is 38.1. The number of imide groups is 1. The Morgan fingerprint density at radius 2 is 1.03 bits per heavy atom. The van der Waals surface area contributed by atoms with Crippen molar-refractivity contribution in [2.75, 3.05) is 53.2 Å². The molecule has 2 atom stereocenters. The number of fused-ring (bicyclic) bond motifs is 5. The first-order chi connectivity index (χ1) is 63.3. The number of ether oxygens (including phenoxy) is 4. The van der Waals surface area contributed by atoms with Crippen LogP contribution in [-0.4, -0.2) is 133 Å². The molecule has 2 saturated heterocycles. The van der Waals surface area contributed by atoms with E-state index in [1.165, 1.54) is 47.5 Å². The molecule has 3 N–H and O–H groups in total. The predicted octanol–water partition coefficient (Wildman–Crippen LogP) is 21.6. The highest BCUT2D eigenvalue weighted by Gasteiger charge is 2.37. The van der Waals surface area contributed by atoms with Crippen LogP contribution in [0.25, 0.3) is 53.6 Å². The Morgan fingerprint density at radius 1 is 0.527 bits per heavy atom. The van der Waals surface area contributed by atoms with Crippen LogP contribution in [0.2, 0.25) is 0 Å². The molecule has 0 radical (unpaired) electrons. The third kappa shape index (κ3) is 21.3. The Hall–Kier alpha value is -12.1. The molecule has 18 rings (SSSR count). The lowest BCUT2D eigenvalue weighted by atomic mass is 9.84. The van der Waals surface area contributed by atoms with Crippen molar-refractivity contribution in [1.29, 1.82) is 0 Å². The molecule has 2 saturated carbocycles. The fraction of sp³-hybridized carbons (Fsp3) is 0.415. The average molecular weight is 1800 g/mol. The normalized spacial score (nSPS) is 19.0. The first-order valence-corrected chi connectivity index (χ1v) is 48.4. The van der Waals surface area contributed by atoms with Crippen LogP contribution in [0.1, 0.15) is 255 Å². The molecule has 0 spiro atoms. The number of aromatic nitrogens is 6. The molecule has 7 aromatic carbocycles. The Balaban J connectivity index is 0.000000195. The molecule has 23 nitrogen and oxygen atoms in total. The standard InChI is InChI=1S/C62H70N8O6S.C44H48N4O5S/c1-38-43(45-28-30-53(64-56(45)60(74)76-62(2,3)4)70-35-32-40-15-10-19-46(49(40)37-70)58(72)66-61-63-50-21-6-7-23-52(50)77-61)17-12-22-51(38)75-42-26-24-39(25-27-42)14-8-9-33-69-34-13-16-41(36-69)44-18-11-20-47-55(67-68(5)57(44)47)48-29-31-54(71)65-59(48)73;1-28-32(13-10-16-37(28)52-31-20-18-29(19-21-31)11-7-8-26-49)33-22-23-39(46-40(33)42(51)53-44(2,3)4)48-25-24-30-12-9-14-34(35(30)27-48)41(50)47-43-45-36-15-5-6-17-38(36)54-43/h6-7,10-12,15,17-23,28,30,39,41-42,48H,8-9,13-14,16,24-27,29,31-37H2,1-5H3,(H,63,66,72)(H,65,71,73);5-6,9-10,12-17,22-23,26,29,31H,7-8,11,18-21,24-25,27H2,1-4H3,(H,45,47,50)/t39?,41-,42?,48?;/m1./s1. The molecule has 131 heavy (non-hydrogen) atoms. The van der Waals surface area contributed by atoms with Gasteiger partial charge < -0.3 is 38.4 Å². The lowest BCUT2D eigenvalue weighted by molar-refractivity contribution is -0.134. The lowest BCUT2D eigenvalue weighted by Crippen LogP contribution is -2.39. The third-order valence-corrected chi connectivity index (χ3v) is 28.6. The van der Waals surface area contributed by atoms with Gasteiger partial charge in [-0.3, -0.25) is 39.8 Å². The summed E-state index contributed by atoms with van der Waals surface area (Å²) in [5.41, 5.74) is 14.2. The van der Waals surface area contributed by atoms with E-state index in [9.17, 15) is 33.6 Å². The minimum absolute atomic E-state index is 0.121. The van der Waals surface area contributed by atoms with Crippen LogP contribution in [-0.2, 0) is 56.8 Å². The van der Waals surface area contributed by atoms with Gasteiger partial charge in [0.1, 0.15) is 40.6 Å². The van der Waals surface area contributed by atoms with E-state index in [1.54, 1.807) is 0 Å². The number of pyridine rings is 2. The molecule has 4 amide bonds. The number of likely N-dealkylation sites (tertiary alicyclic amines) is 1. The number of rotatable bonds is 25. The van der Waals surface area contributed by atoms with Gasteiger partial charge in [-0.1, -0.05) is 133 Å². The van der Waals surface area contributed by atoms with Crippen LogP contribution in [0, 0.1) is 25.7 Å². The zero-order valence-corrected chi connectivity index (χ0v) is 78.2. The summed E-state index contributed by atoms with van der Waals surface area (Å²) in [6.45, 7) is 20.8. The van der Waals surface area contributed by atoms with Crippen molar-refractivity contribution in [3.63, 3.8) is 0 Å². The Labute approximate surface area is 774 Å².